The molecule has 2 heterocycles. The summed E-state index contributed by atoms with van der Waals surface area (Å²) in [5.74, 6) is -0.605. The maximum absolute atomic E-state index is 13.4. The second kappa shape index (κ2) is 11.8. The summed E-state index contributed by atoms with van der Waals surface area (Å²) in [5, 5.41) is 4.65. The van der Waals surface area contributed by atoms with Crippen molar-refractivity contribution in [3.8, 4) is 0 Å². The molecule has 0 aliphatic carbocycles. The highest BCUT2D eigenvalue weighted by Gasteiger charge is 2.42. The third-order valence-electron chi connectivity index (χ3n) is 5.53. The molecule has 2 atom stereocenters. The van der Waals surface area contributed by atoms with Gasteiger partial charge in [0.15, 0.2) is 0 Å². The number of ether oxygens (including phenoxy) is 1. The summed E-state index contributed by atoms with van der Waals surface area (Å²) in [4.78, 5) is 42.8. The van der Waals surface area contributed by atoms with Crippen LogP contribution in [0.3, 0.4) is 0 Å². The Labute approximate surface area is 192 Å². The fourth-order valence-corrected chi connectivity index (χ4v) is 4.65. The second-order valence-corrected chi connectivity index (χ2v) is 8.62. The second-order valence-electron chi connectivity index (χ2n) is 7.68. The van der Waals surface area contributed by atoms with E-state index >= 15 is 0 Å². The van der Waals surface area contributed by atoms with Crippen LogP contribution in [0.5, 0.6) is 0 Å². The first-order valence-electron chi connectivity index (χ1n) is 10.7. The van der Waals surface area contributed by atoms with Crippen LogP contribution in [0.2, 0.25) is 0 Å². The van der Waals surface area contributed by atoms with Crippen molar-refractivity contribution in [3.05, 3.63) is 58.3 Å². The molecule has 8 nitrogen and oxygen atoms in total. The molecule has 0 spiro atoms. The van der Waals surface area contributed by atoms with E-state index in [1.165, 1.54) is 23.3 Å². The van der Waals surface area contributed by atoms with Gasteiger partial charge in [-0.1, -0.05) is 36.4 Å². The van der Waals surface area contributed by atoms with Gasteiger partial charge in [0.25, 0.3) is 5.91 Å². The number of rotatable bonds is 10. The van der Waals surface area contributed by atoms with Crippen LogP contribution in [0.1, 0.15) is 21.7 Å². The van der Waals surface area contributed by atoms with E-state index in [4.69, 9.17) is 10.5 Å². The molecule has 1 aromatic carbocycles. The fraction of sp³-hybridized carbons (Fsp3) is 0.435. The Kier molecular flexibility index (Phi) is 8.78. The Hall–Kier alpha value is -2.75. The van der Waals surface area contributed by atoms with E-state index in [9.17, 15) is 14.4 Å². The van der Waals surface area contributed by atoms with Crippen molar-refractivity contribution in [2.24, 2.45) is 5.73 Å². The monoisotopic (exact) mass is 458 g/mol. The van der Waals surface area contributed by atoms with E-state index in [0.29, 0.717) is 37.4 Å². The van der Waals surface area contributed by atoms with Gasteiger partial charge in [0.05, 0.1) is 10.9 Å². The summed E-state index contributed by atoms with van der Waals surface area (Å²) in [6.45, 7) is 1.31. The standard InChI is InChI=1S/C23H30N4O4S/c1-31-16-21(28)27-15-18(14-19(27)22(29)25-11-10-24)26(23(30)20-8-5-13-32-20)12-9-17-6-3-2-4-7-17/h2-8,13,18-19H,9-12,14-16,24H2,1H3,(H,25,29). The van der Waals surface area contributed by atoms with Crippen molar-refractivity contribution >= 4 is 29.1 Å². The molecule has 2 aromatic rings. The molecule has 172 valence electrons. The van der Waals surface area contributed by atoms with Gasteiger partial charge in [0.2, 0.25) is 11.8 Å². The third kappa shape index (κ3) is 5.93. The first kappa shape index (κ1) is 23.9. The maximum Gasteiger partial charge on any atom is 0.264 e. The summed E-state index contributed by atoms with van der Waals surface area (Å²) < 4.78 is 5.01. The van der Waals surface area contributed by atoms with Crippen LogP contribution >= 0.6 is 11.3 Å². The predicted molar refractivity (Wildman–Crippen MR) is 123 cm³/mol. The summed E-state index contributed by atoms with van der Waals surface area (Å²) in [6.07, 6.45) is 1.06. The number of hydrogen-bond acceptors (Lipinski definition) is 6. The Morgan fingerprint density at radius 2 is 2.00 bits per heavy atom. The van der Waals surface area contributed by atoms with Crippen LogP contribution < -0.4 is 11.1 Å². The van der Waals surface area contributed by atoms with Crippen LogP contribution in [-0.2, 0) is 20.7 Å². The number of thiophene rings is 1. The van der Waals surface area contributed by atoms with Gasteiger partial charge in [-0.3, -0.25) is 14.4 Å². The molecule has 1 aromatic heterocycles. The first-order chi connectivity index (χ1) is 15.5. The topological polar surface area (TPSA) is 105 Å². The van der Waals surface area contributed by atoms with Crippen molar-refractivity contribution < 1.29 is 19.1 Å². The Morgan fingerprint density at radius 3 is 2.66 bits per heavy atom. The number of nitrogens with one attached hydrogen (secondary N) is 1. The van der Waals surface area contributed by atoms with Gasteiger partial charge in [0.1, 0.15) is 12.6 Å². The summed E-state index contributed by atoms with van der Waals surface area (Å²) in [6, 6.07) is 12.7. The normalized spacial score (nSPS) is 17.9. The molecule has 0 saturated carbocycles. The number of carbonyl (C=O) groups excluding carboxylic acids is 3. The van der Waals surface area contributed by atoms with Crippen molar-refractivity contribution in [1.29, 1.82) is 0 Å². The third-order valence-corrected chi connectivity index (χ3v) is 6.39. The van der Waals surface area contributed by atoms with Crippen LogP contribution in [0, 0.1) is 0 Å². The molecule has 32 heavy (non-hydrogen) atoms. The number of hydrogen-bond donors (Lipinski definition) is 2. The molecule has 1 saturated heterocycles. The smallest absolute Gasteiger partial charge is 0.264 e. The Morgan fingerprint density at radius 1 is 1.22 bits per heavy atom. The largest absolute Gasteiger partial charge is 0.375 e. The minimum atomic E-state index is -0.662. The summed E-state index contributed by atoms with van der Waals surface area (Å²) >= 11 is 1.39. The van der Waals surface area contributed by atoms with Gasteiger partial charge >= 0.3 is 0 Å². The number of likely N-dealkylation sites (tertiary alicyclic amines) is 1. The SMILES string of the molecule is COCC(=O)N1CC(N(CCc2ccccc2)C(=O)c2cccs2)CC1C(=O)NCCN. The average molecular weight is 459 g/mol. The molecule has 9 heteroatoms. The number of carbonyl (C=O) groups is 3. The van der Waals surface area contributed by atoms with Crippen molar-refractivity contribution in [3.63, 3.8) is 0 Å². The molecular formula is C23H30N4O4S. The predicted octanol–water partition coefficient (Wildman–Crippen LogP) is 1.12. The molecule has 0 bridgehead atoms. The number of amides is 3. The van der Waals surface area contributed by atoms with E-state index in [-0.39, 0.29) is 36.9 Å². The van der Waals surface area contributed by atoms with Crippen LogP contribution in [0.4, 0.5) is 0 Å². The molecule has 0 radical (unpaired) electrons. The van der Waals surface area contributed by atoms with Crippen molar-refractivity contribution in [2.45, 2.75) is 24.9 Å². The lowest BCUT2D eigenvalue weighted by Crippen LogP contribution is -2.48. The lowest BCUT2D eigenvalue weighted by Gasteiger charge is -2.29. The molecule has 2 unspecified atom stereocenters. The Balaban J connectivity index is 1.82. The van der Waals surface area contributed by atoms with Crippen LogP contribution in [0.25, 0.3) is 0 Å². The van der Waals surface area contributed by atoms with Crippen molar-refractivity contribution in [2.75, 3.05) is 39.9 Å². The van der Waals surface area contributed by atoms with Gasteiger partial charge in [-0.05, 0) is 29.9 Å². The lowest BCUT2D eigenvalue weighted by atomic mass is 10.1. The highest BCUT2D eigenvalue weighted by Crippen LogP contribution is 2.26. The molecular weight excluding hydrogens is 428 g/mol. The van der Waals surface area contributed by atoms with Gasteiger partial charge in [-0.2, -0.15) is 0 Å². The van der Waals surface area contributed by atoms with E-state index in [2.05, 4.69) is 5.32 Å². The van der Waals surface area contributed by atoms with E-state index in [1.807, 2.05) is 46.7 Å². The van der Waals surface area contributed by atoms with E-state index < -0.39 is 6.04 Å². The van der Waals surface area contributed by atoms with Crippen LogP contribution in [0.15, 0.2) is 47.8 Å². The fourth-order valence-electron chi connectivity index (χ4n) is 3.97. The summed E-state index contributed by atoms with van der Waals surface area (Å²) in [7, 11) is 1.45. The highest BCUT2D eigenvalue weighted by molar-refractivity contribution is 7.12. The molecule has 1 aliphatic heterocycles. The molecule has 3 rings (SSSR count). The minimum Gasteiger partial charge on any atom is -0.375 e. The zero-order chi connectivity index (χ0) is 22.9. The highest BCUT2D eigenvalue weighted by atomic mass is 32.1. The number of nitrogens with two attached hydrogens (primary N) is 1. The van der Waals surface area contributed by atoms with Gasteiger partial charge in [0, 0.05) is 33.3 Å². The quantitative estimate of drug-likeness (QED) is 0.555. The number of nitrogens with zero attached hydrogens (tertiary/aromatic N) is 2. The van der Waals surface area contributed by atoms with Gasteiger partial charge in [-0.25, -0.2) is 0 Å². The zero-order valence-corrected chi connectivity index (χ0v) is 19.1. The minimum absolute atomic E-state index is 0.0805. The van der Waals surface area contributed by atoms with E-state index in [0.717, 1.165) is 5.56 Å². The molecule has 3 N–H and O–H groups in total. The van der Waals surface area contributed by atoms with Crippen molar-refractivity contribution in [1.82, 2.24) is 15.1 Å². The lowest BCUT2D eigenvalue weighted by molar-refractivity contribution is -0.141. The number of benzene rings is 1. The summed E-state index contributed by atoms with van der Waals surface area (Å²) in [5.41, 5.74) is 6.64. The van der Waals surface area contributed by atoms with Gasteiger partial charge in [-0.15, -0.1) is 11.3 Å². The molecule has 3 amide bonds. The van der Waals surface area contributed by atoms with E-state index in [1.54, 1.807) is 6.07 Å². The van der Waals surface area contributed by atoms with Crippen LogP contribution in [-0.4, -0.2) is 79.5 Å². The van der Waals surface area contributed by atoms with Gasteiger partial charge < -0.3 is 25.6 Å². The molecule has 1 fully saturated rings. The average Bonchev–Trinajstić information content (AvgIpc) is 3.49. The number of methoxy groups -OCH3 is 1. The molecule has 1 aliphatic rings. The first-order valence-corrected chi connectivity index (χ1v) is 11.6. The zero-order valence-electron chi connectivity index (χ0n) is 18.2. The maximum atomic E-state index is 13.4. The Bertz CT molecular complexity index is 891.